The summed E-state index contributed by atoms with van der Waals surface area (Å²) in [7, 11) is 0. The van der Waals surface area contributed by atoms with E-state index in [9.17, 15) is 0 Å². The molecule has 1 aliphatic rings. The van der Waals surface area contributed by atoms with E-state index >= 15 is 0 Å². The number of aromatic nitrogens is 4. The van der Waals surface area contributed by atoms with Crippen LogP contribution in [0.1, 0.15) is 22.7 Å². The van der Waals surface area contributed by atoms with E-state index in [0.717, 1.165) is 23.9 Å². The molecule has 0 bridgehead atoms. The average molecular weight is 251 g/mol. The van der Waals surface area contributed by atoms with Crippen molar-refractivity contribution in [1.82, 2.24) is 20.2 Å². The summed E-state index contributed by atoms with van der Waals surface area (Å²) in [4.78, 5) is 8.22. The first kappa shape index (κ1) is 10.5. The minimum absolute atomic E-state index is 0.385. The highest BCUT2D eigenvalue weighted by Crippen LogP contribution is 2.36. The number of hydrogen-bond acceptors (Lipinski definition) is 4. The van der Waals surface area contributed by atoms with Crippen LogP contribution in [0, 0.1) is 0 Å². The van der Waals surface area contributed by atoms with Gasteiger partial charge in [0.25, 0.3) is 0 Å². The second kappa shape index (κ2) is 3.78. The molecule has 2 heterocycles. The molecule has 0 spiro atoms. The van der Waals surface area contributed by atoms with Gasteiger partial charge in [0.05, 0.1) is 11.1 Å². The van der Waals surface area contributed by atoms with E-state index in [1.807, 2.05) is 0 Å². The normalized spacial score (nSPS) is 14.9. The van der Waals surface area contributed by atoms with Crippen molar-refractivity contribution in [3.05, 3.63) is 47.4 Å². The highest BCUT2D eigenvalue weighted by atomic mass is 15.2. The summed E-state index contributed by atoms with van der Waals surface area (Å²) in [5, 5.41) is 8.20. The van der Waals surface area contributed by atoms with E-state index in [1.54, 1.807) is 0 Å². The van der Waals surface area contributed by atoms with E-state index < -0.39 is 0 Å². The standard InChI is InChI=1S/C14H13N5/c15-13-11-12(18-19-14(11)17-7-16-13)10-5-8-3-1-2-4-9(8)6-10/h1-4,7,10H,5-6H2,(H3,15,16,17,18,19). The maximum Gasteiger partial charge on any atom is 0.186 e. The van der Waals surface area contributed by atoms with Crippen LogP contribution in [0.15, 0.2) is 30.6 Å². The number of nitrogens with two attached hydrogens (primary N) is 1. The quantitative estimate of drug-likeness (QED) is 0.691. The number of nitrogens with zero attached hydrogens (tertiary/aromatic N) is 3. The molecule has 0 radical (unpaired) electrons. The van der Waals surface area contributed by atoms with Crippen LogP contribution in [0.4, 0.5) is 5.82 Å². The molecule has 3 aromatic rings. The number of aromatic amines is 1. The summed E-state index contributed by atoms with van der Waals surface area (Å²) in [5.74, 6) is 0.889. The van der Waals surface area contributed by atoms with Gasteiger partial charge in [0.2, 0.25) is 0 Å². The Hall–Kier alpha value is -2.43. The van der Waals surface area contributed by atoms with Gasteiger partial charge in [0.15, 0.2) is 5.65 Å². The van der Waals surface area contributed by atoms with Crippen molar-refractivity contribution in [2.75, 3.05) is 5.73 Å². The zero-order valence-corrected chi connectivity index (χ0v) is 10.3. The Bertz CT molecular complexity index is 736. The molecule has 5 nitrogen and oxygen atoms in total. The van der Waals surface area contributed by atoms with Crippen molar-refractivity contribution in [3.8, 4) is 0 Å². The van der Waals surface area contributed by atoms with E-state index in [1.165, 1.54) is 17.5 Å². The largest absolute Gasteiger partial charge is 0.383 e. The van der Waals surface area contributed by atoms with Crippen molar-refractivity contribution < 1.29 is 0 Å². The van der Waals surface area contributed by atoms with Crippen molar-refractivity contribution >= 4 is 16.9 Å². The molecule has 4 rings (SSSR count). The van der Waals surface area contributed by atoms with E-state index in [2.05, 4.69) is 44.4 Å². The molecule has 0 atom stereocenters. The van der Waals surface area contributed by atoms with Gasteiger partial charge in [-0.25, -0.2) is 9.97 Å². The predicted octanol–water partition coefficient (Wildman–Crippen LogP) is 1.82. The Balaban J connectivity index is 1.82. The lowest BCUT2D eigenvalue weighted by Crippen LogP contribution is -2.01. The number of nitrogen functional groups attached to an aromatic ring is 1. The van der Waals surface area contributed by atoms with Crippen LogP contribution in [-0.2, 0) is 12.8 Å². The minimum atomic E-state index is 0.385. The second-order valence-corrected chi connectivity index (χ2v) is 4.97. The number of fused-ring (bicyclic) bond motifs is 2. The van der Waals surface area contributed by atoms with Gasteiger partial charge >= 0.3 is 0 Å². The lowest BCUT2D eigenvalue weighted by atomic mass is 10.00. The molecule has 19 heavy (non-hydrogen) atoms. The van der Waals surface area contributed by atoms with Crippen molar-refractivity contribution in [1.29, 1.82) is 0 Å². The topological polar surface area (TPSA) is 80.5 Å². The van der Waals surface area contributed by atoms with E-state index in [-0.39, 0.29) is 0 Å². The zero-order chi connectivity index (χ0) is 12.8. The lowest BCUT2D eigenvalue weighted by Gasteiger charge is -2.07. The summed E-state index contributed by atoms with van der Waals surface area (Å²) in [6, 6.07) is 8.55. The van der Waals surface area contributed by atoms with Gasteiger partial charge in [-0.05, 0) is 24.0 Å². The fourth-order valence-electron chi connectivity index (χ4n) is 2.96. The number of benzene rings is 1. The van der Waals surface area contributed by atoms with E-state index in [0.29, 0.717) is 17.4 Å². The van der Waals surface area contributed by atoms with Gasteiger partial charge in [0, 0.05) is 5.92 Å². The molecule has 5 heteroatoms. The monoisotopic (exact) mass is 251 g/mol. The molecule has 1 aliphatic carbocycles. The highest BCUT2D eigenvalue weighted by molar-refractivity contribution is 5.88. The number of anilines is 1. The Morgan fingerprint density at radius 3 is 2.58 bits per heavy atom. The van der Waals surface area contributed by atoms with Crippen molar-refractivity contribution in [2.45, 2.75) is 18.8 Å². The molecule has 3 N–H and O–H groups in total. The van der Waals surface area contributed by atoms with Gasteiger partial charge in [-0.3, -0.25) is 5.10 Å². The first-order valence-electron chi connectivity index (χ1n) is 6.34. The second-order valence-electron chi connectivity index (χ2n) is 4.97. The third kappa shape index (κ3) is 1.51. The maximum atomic E-state index is 5.96. The third-order valence-corrected chi connectivity index (χ3v) is 3.87. The van der Waals surface area contributed by atoms with Crippen molar-refractivity contribution in [2.24, 2.45) is 0 Å². The summed E-state index contributed by atoms with van der Waals surface area (Å²) in [6.45, 7) is 0. The van der Waals surface area contributed by atoms with E-state index in [4.69, 9.17) is 5.73 Å². The fourth-order valence-corrected chi connectivity index (χ4v) is 2.96. The molecular formula is C14H13N5. The fraction of sp³-hybridized carbons (Fsp3) is 0.214. The van der Waals surface area contributed by atoms with Gasteiger partial charge in [-0.2, -0.15) is 5.10 Å². The highest BCUT2D eigenvalue weighted by Gasteiger charge is 2.26. The van der Waals surface area contributed by atoms with Gasteiger partial charge in [-0.1, -0.05) is 24.3 Å². The van der Waals surface area contributed by atoms with Gasteiger partial charge in [-0.15, -0.1) is 0 Å². The summed E-state index contributed by atoms with van der Waals surface area (Å²) < 4.78 is 0. The van der Waals surface area contributed by atoms with Gasteiger partial charge < -0.3 is 5.73 Å². The lowest BCUT2D eigenvalue weighted by molar-refractivity contribution is 0.714. The maximum absolute atomic E-state index is 5.96. The third-order valence-electron chi connectivity index (χ3n) is 3.87. The summed E-state index contributed by atoms with van der Waals surface area (Å²) >= 11 is 0. The number of rotatable bonds is 1. The van der Waals surface area contributed by atoms with Crippen LogP contribution in [-0.4, -0.2) is 20.2 Å². The Labute approximate surface area is 109 Å². The SMILES string of the molecule is Nc1ncnc2n[nH]c(C3Cc4ccccc4C3)c12. The Kier molecular flexibility index (Phi) is 2.09. The van der Waals surface area contributed by atoms with Crippen LogP contribution < -0.4 is 5.73 Å². The summed E-state index contributed by atoms with van der Waals surface area (Å²) in [6.07, 6.45) is 3.48. The Morgan fingerprint density at radius 1 is 1.11 bits per heavy atom. The predicted molar refractivity (Wildman–Crippen MR) is 72.7 cm³/mol. The molecule has 2 aromatic heterocycles. The number of nitrogens with one attached hydrogen (secondary N) is 1. The van der Waals surface area contributed by atoms with Crippen molar-refractivity contribution in [3.63, 3.8) is 0 Å². The smallest absolute Gasteiger partial charge is 0.186 e. The first-order chi connectivity index (χ1) is 9.33. The van der Waals surface area contributed by atoms with Crippen LogP contribution in [0.3, 0.4) is 0 Å². The average Bonchev–Trinajstić information content (AvgIpc) is 3.02. The van der Waals surface area contributed by atoms with Crippen LogP contribution in [0.5, 0.6) is 0 Å². The zero-order valence-electron chi connectivity index (χ0n) is 10.3. The minimum Gasteiger partial charge on any atom is -0.383 e. The summed E-state index contributed by atoms with van der Waals surface area (Å²) in [5.41, 5.74) is 10.5. The van der Waals surface area contributed by atoms with Gasteiger partial charge in [0.1, 0.15) is 12.1 Å². The van der Waals surface area contributed by atoms with Crippen LogP contribution in [0.2, 0.25) is 0 Å². The Morgan fingerprint density at radius 2 is 1.84 bits per heavy atom. The molecule has 0 amide bonds. The van der Waals surface area contributed by atoms with Crippen LogP contribution in [0.25, 0.3) is 11.0 Å². The molecule has 1 aromatic carbocycles. The molecule has 0 fully saturated rings. The molecule has 0 aliphatic heterocycles. The first-order valence-corrected chi connectivity index (χ1v) is 6.34. The molecule has 0 unspecified atom stereocenters. The number of hydrogen-bond donors (Lipinski definition) is 2. The molecule has 94 valence electrons. The van der Waals surface area contributed by atoms with Crippen LogP contribution >= 0.6 is 0 Å². The molecule has 0 saturated carbocycles. The molecular weight excluding hydrogens is 238 g/mol. The molecule has 0 saturated heterocycles. The number of H-pyrrole nitrogens is 1.